The van der Waals surface area contributed by atoms with Gasteiger partial charge in [0.25, 0.3) is 0 Å². The predicted octanol–water partition coefficient (Wildman–Crippen LogP) is 1.46. The number of aliphatic hydroxyl groups excluding tert-OH is 1. The van der Waals surface area contributed by atoms with Crippen LogP contribution in [0.3, 0.4) is 0 Å². The van der Waals surface area contributed by atoms with E-state index >= 15 is 0 Å². The van der Waals surface area contributed by atoms with Crippen molar-refractivity contribution in [3.05, 3.63) is 18.2 Å². The summed E-state index contributed by atoms with van der Waals surface area (Å²) >= 11 is 0. The lowest BCUT2D eigenvalue weighted by atomic mass is 10.2. The van der Waals surface area contributed by atoms with Crippen LogP contribution in [0, 0.1) is 5.92 Å². The number of benzene rings is 1. The smallest absolute Gasteiger partial charge is 0.143 e. The maximum atomic E-state index is 9.71. The number of methoxy groups -OCH3 is 1. The van der Waals surface area contributed by atoms with Crippen LogP contribution in [0.5, 0.6) is 5.75 Å². The highest BCUT2D eigenvalue weighted by atomic mass is 16.5. The van der Waals surface area contributed by atoms with Gasteiger partial charge in [0.1, 0.15) is 5.75 Å². The van der Waals surface area contributed by atoms with Crippen LogP contribution in [-0.4, -0.2) is 24.9 Å². The zero-order chi connectivity index (χ0) is 11.5. The molecule has 0 bridgehead atoms. The van der Waals surface area contributed by atoms with Crippen LogP contribution in [-0.2, 0) is 0 Å². The van der Waals surface area contributed by atoms with Gasteiger partial charge in [0.2, 0.25) is 0 Å². The number of nitrogens with two attached hydrogens (primary N) is 1. The standard InChI is InChI=1S/C12H18N2O2/c1-16-12-6-9(4-5-10(12)13)14-7-11(15)8-2-3-8/h4-6,8,11,14-15H,2-3,7,13H2,1H3. The van der Waals surface area contributed by atoms with Crippen LogP contribution in [0.25, 0.3) is 0 Å². The lowest BCUT2D eigenvalue weighted by Gasteiger charge is -2.13. The van der Waals surface area contributed by atoms with Crippen molar-refractivity contribution in [2.24, 2.45) is 5.92 Å². The molecule has 1 aliphatic carbocycles. The largest absolute Gasteiger partial charge is 0.495 e. The topological polar surface area (TPSA) is 67.5 Å². The third-order valence-electron chi connectivity index (χ3n) is 2.91. The first kappa shape index (κ1) is 11.1. The monoisotopic (exact) mass is 222 g/mol. The molecule has 88 valence electrons. The van der Waals surface area contributed by atoms with Crippen molar-refractivity contribution in [1.82, 2.24) is 0 Å². The molecule has 1 aromatic rings. The van der Waals surface area contributed by atoms with Crippen LogP contribution in [0.4, 0.5) is 11.4 Å². The van der Waals surface area contributed by atoms with E-state index in [1.807, 2.05) is 12.1 Å². The lowest BCUT2D eigenvalue weighted by molar-refractivity contribution is 0.164. The van der Waals surface area contributed by atoms with Gasteiger partial charge in [-0.15, -0.1) is 0 Å². The van der Waals surface area contributed by atoms with Crippen LogP contribution in [0.2, 0.25) is 0 Å². The summed E-state index contributed by atoms with van der Waals surface area (Å²) in [5.41, 5.74) is 7.26. The van der Waals surface area contributed by atoms with Crippen molar-refractivity contribution in [1.29, 1.82) is 0 Å². The predicted molar refractivity (Wildman–Crippen MR) is 64.6 cm³/mol. The minimum absolute atomic E-state index is 0.247. The number of hydrogen-bond acceptors (Lipinski definition) is 4. The molecule has 0 saturated heterocycles. The van der Waals surface area contributed by atoms with Gasteiger partial charge in [-0.05, 0) is 30.9 Å². The van der Waals surface area contributed by atoms with E-state index in [0.717, 1.165) is 18.5 Å². The lowest BCUT2D eigenvalue weighted by Crippen LogP contribution is -2.21. The number of nitrogen functional groups attached to an aromatic ring is 1. The van der Waals surface area contributed by atoms with E-state index in [1.165, 1.54) is 0 Å². The summed E-state index contributed by atoms with van der Waals surface area (Å²) in [6.45, 7) is 0.581. The molecule has 0 heterocycles. The number of aliphatic hydroxyl groups is 1. The Morgan fingerprint density at radius 3 is 2.94 bits per heavy atom. The molecule has 0 spiro atoms. The molecule has 1 aliphatic rings. The Labute approximate surface area is 95.4 Å². The highest BCUT2D eigenvalue weighted by Crippen LogP contribution is 2.32. The maximum absolute atomic E-state index is 9.71. The molecule has 0 aromatic heterocycles. The summed E-state index contributed by atoms with van der Waals surface area (Å²) < 4.78 is 5.12. The molecule has 1 aromatic carbocycles. The van der Waals surface area contributed by atoms with E-state index in [9.17, 15) is 5.11 Å². The van der Waals surface area contributed by atoms with E-state index in [-0.39, 0.29) is 6.10 Å². The van der Waals surface area contributed by atoms with Gasteiger partial charge in [-0.2, -0.15) is 0 Å². The minimum Gasteiger partial charge on any atom is -0.495 e. The number of ether oxygens (including phenoxy) is 1. The SMILES string of the molecule is COc1cc(NCC(O)C2CC2)ccc1N. The van der Waals surface area contributed by atoms with Gasteiger partial charge < -0.3 is 20.9 Å². The van der Waals surface area contributed by atoms with Crippen molar-refractivity contribution in [2.75, 3.05) is 24.7 Å². The Kier molecular flexibility index (Phi) is 3.19. The fourth-order valence-corrected chi connectivity index (χ4v) is 1.69. The van der Waals surface area contributed by atoms with E-state index < -0.39 is 0 Å². The second kappa shape index (κ2) is 4.61. The average molecular weight is 222 g/mol. The molecule has 16 heavy (non-hydrogen) atoms. The van der Waals surface area contributed by atoms with Gasteiger partial charge in [0, 0.05) is 18.3 Å². The zero-order valence-corrected chi connectivity index (χ0v) is 9.44. The Bertz CT molecular complexity index is 364. The fourth-order valence-electron chi connectivity index (χ4n) is 1.69. The van der Waals surface area contributed by atoms with Crippen molar-refractivity contribution in [3.63, 3.8) is 0 Å². The Morgan fingerprint density at radius 1 is 1.56 bits per heavy atom. The van der Waals surface area contributed by atoms with Crippen LogP contribution in [0.15, 0.2) is 18.2 Å². The third kappa shape index (κ3) is 2.58. The molecular weight excluding hydrogens is 204 g/mol. The van der Waals surface area contributed by atoms with Crippen molar-refractivity contribution in [2.45, 2.75) is 18.9 Å². The molecule has 0 amide bonds. The number of hydrogen-bond donors (Lipinski definition) is 3. The highest BCUT2D eigenvalue weighted by molar-refractivity contribution is 5.61. The van der Waals surface area contributed by atoms with Gasteiger partial charge in [0.15, 0.2) is 0 Å². The highest BCUT2D eigenvalue weighted by Gasteiger charge is 2.29. The van der Waals surface area contributed by atoms with Gasteiger partial charge >= 0.3 is 0 Å². The molecule has 2 rings (SSSR count). The van der Waals surface area contributed by atoms with E-state index in [1.54, 1.807) is 13.2 Å². The van der Waals surface area contributed by atoms with Crippen LogP contribution >= 0.6 is 0 Å². The van der Waals surface area contributed by atoms with Crippen LogP contribution in [0.1, 0.15) is 12.8 Å². The summed E-state index contributed by atoms with van der Waals surface area (Å²) in [6.07, 6.45) is 2.05. The summed E-state index contributed by atoms with van der Waals surface area (Å²) in [4.78, 5) is 0. The third-order valence-corrected chi connectivity index (χ3v) is 2.91. The second-order valence-electron chi connectivity index (χ2n) is 4.24. The zero-order valence-electron chi connectivity index (χ0n) is 9.44. The average Bonchev–Trinajstić information content (AvgIpc) is 3.11. The maximum Gasteiger partial charge on any atom is 0.143 e. The first-order chi connectivity index (χ1) is 7.70. The quantitative estimate of drug-likeness (QED) is 0.660. The summed E-state index contributed by atoms with van der Waals surface area (Å²) in [5, 5.41) is 12.9. The molecule has 0 radical (unpaired) electrons. The Balaban J connectivity index is 1.93. The number of nitrogens with one attached hydrogen (secondary N) is 1. The van der Waals surface area contributed by atoms with Crippen LogP contribution < -0.4 is 15.8 Å². The molecule has 1 fully saturated rings. The molecule has 1 unspecified atom stereocenters. The van der Waals surface area contributed by atoms with Gasteiger partial charge in [-0.25, -0.2) is 0 Å². The van der Waals surface area contributed by atoms with Gasteiger partial charge in [-0.1, -0.05) is 0 Å². The Hall–Kier alpha value is -1.42. The van der Waals surface area contributed by atoms with Gasteiger partial charge in [0.05, 0.1) is 18.9 Å². The summed E-state index contributed by atoms with van der Waals surface area (Å²) in [5.74, 6) is 1.15. The van der Waals surface area contributed by atoms with Gasteiger partial charge in [-0.3, -0.25) is 0 Å². The first-order valence-corrected chi connectivity index (χ1v) is 5.56. The fraction of sp³-hybridized carbons (Fsp3) is 0.500. The van der Waals surface area contributed by atoms with Crippen molar-refractivity contribution >= 4 is 11.4 Å². The molecular formula is C12H18N2O2. The molecule has 4 N–H and O–H groups in total. The number of anilines is 2. The molecule has 0 aliphatic heterocycles. The normalized spacial score (nSPS) is 16.9. The van der Waals surface area contributed by atoms with E-state index in [2.05, 4.69) is 5.32 Å². The van der Waals surface area contributed by atoms with Crippen molar-refractivity contribution in [3.8, 4) is 5.75 Å². The molecule has 4 heteroatoms. The summed E-state index contributed by atoms with van der Waals surface area (Å²) in [6, 6.07) is 5.52. The molecule has 4 nitrogen and oxygen atoms in total. The van der Waals surface area contributed by atoms with E-state index in [0.29, 0.717) is 23.9 Å². The van der Waals surface area contributed by atoms with E-state index in [4.69, 9.17) is 10.5 Å². The molecule has 1 saturated carbocycles. The number of rotatable bonds is 5. The van der Waals surface area contributed by atoms with Crippen molar-refractivity contribution < 1.29 is 9.84 Å². The second-order valence-corrected chi connectivity index (χ2v) is 4.24. The first-order valence-electron chi connectivity index (χ1n) is 5.56. The molecule has 1 atom stereocenters. The summed E-state index contributed by atoms with van der Waals surface area (Å²) in [7, 11) is 1.59. The minimum atomic E-state index is -0.247. The Morgan fingerprint density at radius 2 is 2.31 bits per heavy atom.